The molecule has 1 heterocycles. The predicted octanol–water partition coefficient (Wildman–Crippen LogP) is 4.47. The van der Waals surface area contributed by atoms with Crippen molar-refractivity contribution in [2.75, 3.05) is 5.32 Å². The Morgan fingerprint density at radius 1 is 1.41 bits per heavy atom. The highest BCUT2D eigenvalue weighted by Crippen LogP contribution is 2.39. The van der Waals surface area contributed by atoms with Gasteiger partial charge in [-0.3, -0.25) is 0 Å². The van der Waals surface area contributed by atoms with E-state index in [0.717, 1.165) is 16.2 Å². The molecule has 1 saturated carbocycles. The Morgan fingerprint density at radius 3 is 2.76 bits per heavy atom. The molecule has 1 N–H and O–H groups in total. The van der Waals surface area contributed by atoms with E-state index in [2.05, 4.69) is 53.1 Å². The van der Waals surface area contributed by atoms with Crippen LogP contribution in [0.3, 0.4) is 0 Å². The Labute approximate surface area is 112 Å². The Hall–Kier alpha value is -0.570. The van der Waals surface area contributed by atoms with Crippen LogP contribution in [-0.4, -0.2) is 11.0 Å². The molecule has 2 rings (SSSR count). The smallest absolute Gasteiger partial charge is 0.106 e. The second kappa shape index (κ2) is 4.97. The molecule has 1 aliphatic rings. The number of nitrogens with zero attached hydrogens (tertiary/aromatic N) is 1. The lowest BCUT2D eigenvalue weighted by molar-refractivity contribution is 0.177. The van der Waals surface area contributed by atoms with Crippen LogP contribution >= 0.6 is 15.9 Å². The van der Waals surface area contributed by atoms with Crippen molar-refractivity contribution < 1.29 is 0 Å². The van der Waals surface area contributed by atoms with Gasteiger partial charge in [0.1, 0.15) is 4.60 Å². The Kier molecular flexibility index (Phi) is 3.76. The van der Waals surface area contributed by atoms with Gasteiger partial charge in [-0.15, -0.1) is 0 Å². The topological polar surface area (TPSA) is 24.9 Å². The van der Waals surface area contributed by atoms with Crippen LogP contribution in [0.4, 0.5) is 5.69 Å². The summed E-state index contributed by atoms with van der Waals surface area (Å²) in [7, 11) is 0. The molecule has 0 amide bonds. The van der Waals surface area contributed by atoms with Gasteiger partial charge in [0.05, 0.1) is 11.9 Å². The van der Waals surface area contributed by atoms with Crippen molar-refractivity contribution in [3.8, 4) is 0 Å². The molecule has 2 unspecified atom stereocenters. The summed E-state index contributed by atoms with van der Waals surface area (Å²) in [6.45, 7) is 7.10. The number of pyridine rings is 1. The van der Waals surface area contributed by atoms with Gasteiger partial charge in [-0.25, -0.2) is 4.98 Å². The van der Waals surface area contributed by atoms with E-state index >= 15 is 0 Å². The van der Waals surface area contributed by atoms with Gasteiger partial charge in [0.15, 0.2) is 0 Å². The van der Waals surface area contributed by atoms with Crippen LogP contribution in [0.25, 0.3) is 0 Å². The van der Waals surface area contributed by atoms with Crippen LogP contribution in [-0.2, 0) is 0 Å². The molecule has 2 atom stereocenters. The maximum absolute atomic E-state index is 4.25. The lowest BCUT2D eigenvalue weighted by Crippen LogP contribution is -2.36. The van der Waals surface area contributed by atoms with E-state index in [1.165, 1.54) is 19.3 Å². The molecule has 1 aliphatic carbocycles. The van der Waals surface area contributed by atoms with Gasteiger partial charge >= 0.3 is 0 Å². The number of hydrogen-bond acceptors (Lipinski definition) is 2. The summed E-state index contributed by atoms with van der Waals surface area (Å²) in [5.74, 6) is 0.724. The zero-order chi connectivity index (χ0) is 12.5. The van der Waals surface area contributed by atoms with Gasteiger partial charge in [-0.1, -0.05) is 20.8 Å². The van der Waals surface area contributed by atoms with Crippen molar-refractivity contribution >= 4 is 21.6 Å². The van der Waals surface area contributed by atoms with Gasteiger partial charge < -0.3 is 5.32 Å². The van der Waals surface area contributed by atoms with Gasteiger partial charge in [0, 0.05) is 6.04 Å². The largest absolute Gasteiger partial charge is 0.381 e. The van der Waals surface area contributed by atoms with Crippen LogP contribution in [0.1, 0.15) is 40.0 Å². The first-order valence-corrected chi connectivity index (χ1v) is 7.14. The predicted molar refractivity (Wildman–Crippen MR) is 76.1 cm³/mol. The number of anilines is 1. The highest BCUT2D eigenvalue weighted by molar-refractivity contribution is 9.10. The quantitative estimate of drug-likeness (QED) is 0.815. The second-order valence-electron chi connectivity index (χ2n) is 6.00. The third-order valence-corrected chi connectivity index (χ3v) is 4.24. The van der Waals surface area contributed by atoms with Crippen LogP contribution in [0, 0.1) is 11.3 Å². The Bertz CT molecular complexity index is 372. The van der Waals surface area contributed by atoms with Gasteiger partial charge in [0.25, 0.3) is 0 Å². The Balaban J connectivity index is 1.98. The summed E-state index contributed by atoms with van der Waals surface area (Å²) in [5, 5.41) is 3.61. The van der Waals surface area contributed by atoms with E-state index in [-0.39, 0.29) is 0 Å². The minimum absolute atomic E-state index is 0.509. The van der Waals surface area contributed by atoms with Crippen molar-refractivity contribution in [1.82, 2.24) is 4.98 Å². The zero-order valence-corrected chi connectivity index (χ0v) is 12.4. The molecule has 0 radical (unpaired) electrons. The summed E-state index contributed by atoms with van der Waals surface area (Å²) in [6, 6.07) is 4.66. The lowest BCUT2D eigenvalue weighted by atomic mass is 9.70. The lowest BCUT2D eigenvalue weighted by Gasteiger charge is -2.39. The third kappa shape index (κ3) is 3.44. The first kappa shape index (κ1) is 12.9. The monoisotopic (exact) mass is 296 g/mol. The average molecular weight is 297 g/mol. The fourth-order valence-corrected chi connectivity index (χ4v) is 3.07. The maximum atomic E-state index is 4.25. The van der Waals surface area contributed by atoms with Gasteiger partial charge in [0.2, 0.25) is 0 Å². The molecule has 17 heavy (non-hydrogen) atoms. The van der Waals surface area contributed by atoms with Crippen LogP contribution in [0.2, 0.25) is 0 Å². The molecule has 1 aromatic rings. The first-order valence-electron chi connectivity index (χ1n) is 6.34. The van der Waals surface area contributed by atoms with E-state index < -0.39 is 0 Å². The molecule has 0 saturated heterocycles. The van der Waals surface area contributed by atoms with Crippen molar-refractivity contribution in [2.45, 2.75) is 46.1 Å². The summed E-state index contributed by atoms with van der Waals surface area (Å²) in [4.78, 5) is 4.25. The van der Waals surface area contributed by atoms with Crippen molar-refractivity contribution in [3.05, 3.63) is 22.9 Å². The molecule has 1 fully saturated rings. The van der Waals surface area contributed by atoms with Crippen molar-refractivity contribution in [3.63, 3.8) is 0 Å². The maximum Gasteiger partial charge on any atom is 0.106 e. The SMILES string of the molecule is CC1CC(C)(C)CCC1Nc1ccc(Br)nc1. The fourth-order valence-electron chi connectivity index (χ4n) is 2.84. The number of rotatable bonds is 2. The van der Waals surface area contributed by atoms with E-state index in [4.69, 9.17) is 0 Å². The summed E-state index contributed by atoms with van der Waals surface area (Å²) in [5.41, 5.74) is 1.64. The number of halogens is 1. The highest BCUT2D eigenvalue weighted by Gasteiger charge is 2.32. The molecule has 1 aromatic heterocycles. The number of aromatic nitrogens is 1. The van der Waals surface area contributed by atoms with E-state index in [1.807, 2.05) is 12.3 Å². The fraction of sp³-hybridized carbons (Fsp3) is 0.643. The first-order chi connectivity index (χ1) is 7.96. The third-order valence-electron chi connectivity index (χ3n) is 3.77. The number of nitrogens with one attached hydrogen (secondary N) is 1. The number of hydrogen-bond donors (Lipinski definition) is 1. The molecular formula is C14H21BrN2. The molecule has 0 aliphatic heterocycles. The molecule has 0 bridgehead atoms. The molecule has 0 aromatic carbocycles. The minimum Gasteiger partial charge on any atom is -0.381 e. The standard InChI is InChI=1S/C14H21BrN2/c1-10-8-14(2,3)7-6-12(10)17-11-4-5-13(15)16-9-11/h4-5,9-10,12,17H,6-8H2,1-3H3. The van der Waals surface area contributed by atoms with Crippen LogP contribution < -0.4 is 5.32 Å². The van der Waals surface area contributed by atoms with E-state index in [9.17, 15) is 0 Å². The normalized spacial score (nSPS) is 27.8. The van der Waals surface area contributed by atoms with Gasteiger partial charge in [-0.05, 0) is 58.7 Å². The minimum atomic E-state index is 0.509. The zero-order valence-electron chi connectivity index (χ0n) is 10.8. The van der Waals surface area contributed by atoms with Crippen molar-refractivity contribution in [1.29, 1.82) is 0 Å². The molecule has 94 valence electrons. The summed E-state index contributed by atoms with van der Waals surface area (Å²) >= 11 is 3.36. The van der Waals surface area contributed by atoms with Crippen LogP contribution in [0.5, 0.6) is 0 Å². The molecule has 0 spiro atoms. The second-order valence-corrected chi connectivity index (χ2v) is 6.82. The highest BCUT2D eigenvalue weighted by atomic mass is 79.9. The average Bonchev–Trinajstić information content (AvgIpc) is 2.24. The van der Waals surface area contributed by atoms with E-state index in [1.54, 1.807) is 0 Å². The van der Waals surface area contributed by atoms with Gasteiger partial charge in [-0.2, -0.15) is 0 Å². The van der Waals surface area contributed by atoms with Crippen molar-refractivity contribution in [2.24, 2.45) is 11.3 Å². The summed E-state index contributed by atoms with van der Waals surface area (Å²) in [6.07, 6.45) is 5.76. The summed E-state index contributed by atoms with van der Waals surface area (Å²) < 4.78 is 0.890. The molecule has 3 heteroatoms. The van der Waals surface area contributed by atoms with Crippen LogP contribution in [0.15, 0.2) is 22.9 Å². The Morgan fingerprint density at radius 2 is 2.18 bits per heavy atom. The molecule has 2 nitrogen and oxygen atoms in total. The van der Waals surface area contributed by atoms with E-state index in [0.29, 0.717) is 11.5 Å². The molecular weight excluding hydrogens is 276 g/mol.